The number of likely N-dealkylation sites (tertiary alicyclic amines) is 1. The summed E-state index contributed by atoms with van der Waals surface area (Å²) in [5, 5.41) is 0. The van der Waals surface area contributed by atoms with Gasteiger partial charge in [-0.2, -0.15) is 0 Å². The fourth-order valence-corrected chi connectivity index (χ4v) is 3.88. The normalized spacial score (nSPS) is 31.6. The zero-order chi connectivity index (χ0) is 16.4. The second kappa shape index (κ2) is 7.10. The summed E-state index contributed by atoms with van der Waals surface area (Å²) in [6, 6.07) is 0.818. The Hall–Kier alpha value is -0.610. The van der Waals surface area contributed by atoms with Gasteiger partial charge < -0.3 is 14.4 Å². The maximum absolute atomic E-state index is 12.5. The van der Waals surface area contributed by atoms with Crippen LogP contribution in [0.15, 0.2) is 0 Å². The maximum Gasteiger partial charge on any atom is 0.309 e. The van der Waals surface area contributed by atoms with E-state index in [0.717, 1.165) is 57.8 Å². The highest BCUT2D eigenvalue weighted by molar-refractivity contribution is 5.73. The highest BCUT2D eigenvalue weighted by Crippen LogP contribution is 2.45. The lowest BCUT2D eigenvalue weighted by Crippen LogP contribution is -2.57. The number of piperidine rings is 1. The fourth-order valence-electron chi connectivity index (χ4n) is 3.88. The molecule has 1 heterocycles. The Bertz CT molecular complexity index is 411. The zero-order valence-electron chi connectivity index (χ0n) is 15.1. The number of unbranched alkanes of at least 4 members (excludes halogenated alkanes) is 1. The third-order valence-corrected chi connectivity index (χ3v) is 6.09. The molecule has 2 saturated carbocycles. The fraction of sp³-hybridized carbons (Fsp3) is 0.947. The van der Waals surface area contributed by atoms with Crippen LogP contribution in [-0.4, -0.2) is 48.8 Å². The van der Waals surface area contributed by atoms with Gasteiger partial charge in [-0.1, -0.05) is 27.2 Å². The molecule has 0 bridgehead atoms. The molecular weight excluding hydrogens is 290 g/mol. The van der Waals surface area contributed by atoms with Crippen molar-refractivity contribution >= 4 is 5.97 Å². The average molecular weight is 323 g/mol. The third kappa shape index (κ3) is 3.90. The molecule has 23 heavy (non-hydrogen) atoms. The van der Waals surface area contributed by atoms with Gasteiger partial charge in [0, 0.05) is 24.5 Å². The Morgan fingerprint density at radius 1 is 1.13 bits per heavy atom. The van der Waals surface area contributed by atoms with Crippen molar-refractivity contribution in [1.29, 1.82) is 0 Å². The van der Waals surface area contributed by atoms with Crippen molar-refractivity contribution < 1.29 is 14.3 Å². The molecule has 132 valence electrons. The van der Waals surface area contributed by atoms with E-state index in [1.54, 1.807) is 0 Å². The van der Waals surface area contributed by atoms with E-state index in [1.165, 1.54) is 12.8 Å². The number of rotatable bonds is 7. The van der Waals surface area contributed by atoms with Gasteiger partial charge in [0.15, 0.2) is 0 Å². The predicted molar refractivity (Wildman–Crippen MR) is 90.2 cm³/mol. The quantitative estimate of drug-likeness (QED) is 0.532. The summed E-state index contributed by atoms with van der Waals surface area (Å²) in [7, 11) is 0. The largest absolute Gasteiger partial charge is 0.461 e. The van der Waals surface area contributed by atoms with Crippen molar-refractivity contribution in [2.24, 2.45) is 11.3 Å². The van der Waals surface area contributed by atoms with Gasteiger partial charge in [-0.3, -0.25) is 4.79 Å². The number of esters is 1. The van der Waals surface area contributed by atoms with Gasteiger partial charge >= 0.3 is 5.97 Å². The van der Waals surface area contributed by atoms with Crippen LogP contribution in [0.1, 0.15) is 65.7 Å². The Balaban J connectivity index is 1.40. The molecule has 0 aromatic heterocycles. The van der Waals surface area contributed by atoms with Crippen LogP contribution >= 0.6 is 0 Å². The lowest BCUT2D eigenvalue weighted by Gasteiger charge is -2.50. The molecule has 4 heteroatoms. The number of ether oxygens (including phenoxy) is 2. The Morgan fingerprint density at radius 2 is 1.83 bits per heavy atom. The molecule has 1 saturated heterocycles. The van der Waals surface area contributed by atoms with Crippen LogP contribution in [0, 0.1) is 11.3 Å². The van der Waals surface area contributed by atoms with E-state index in [1.807, 2.05) is 0 Å². The van der Waals surface area contributed by atoms with Crippen molar-refractivity contribution in [2.45, 2.75) is 84.0 Å². The monoisotopic (exact) mass is 323 g/mol. The summed E-state index contributed by atoms with van der Waals surface area (Å²) < 4.78 is 11.8. The minimum Gasteiger partial charge on any atom is -0.461 e. The number of nitrogens with zero attached hydrogens (tertiary/aromatic N) is 1. The number of hydrogen-bond acceptors (Lipinski definition) is 4. The molecule has 2 aliphatic carbocycles. The lowest BCUT2D eigenvalue weighted by atomic mass is 9.66. The molecule has 4 nitrogen and oxygen atoms in total. The van der Waals surface area contributed by atoms with Crippen LogP contribution in [0.3, 0.4) is 0 Å². The summed E-state index contributed by atoms with van der Waals surface area (Å²) in [6.07, 6.45) is 8.05. The molecule has 0 amide bonds. The second-order valence-corrected chi connectivity index (χ2v) is 8.24. The highest BCUT2D eigenvalue weighted by atomic mass is 16.6. The summed E-state index contributed by atoms with van der Waals surface area (Å²) in [5.41, 5.74) is -0.0435. The molecule has 0 spiro atoms. The van der Waals surface area contributed by atoms with Crippen LogP contribution in [-0.2, 0) is 14.3 Å². The zero-order valence-corrected chi connectivity index (χ0v) is 15.1. The SMILES string of the molecule is CCCCO[C@H]1C[C@H](OC(=O)C2CCN(C3CC3)CC2)C1(C)C. The van der Waals surface area contributed by atoms with Crippen molar-refractivity contribution in [3.63, 3.8) is 0 Å². The smallest absolute Gasteiger partial charge is 0.309 e. The first-order chi connectivity index (χ1) is 11.0. The van der Waals surface area contributed by atoms with E-state index in [0.29, 0.717) is 0 Å². The van der Waals surface area contributed by atoms with Crippen LogP contribution in [0.5, 0.6) is 0 Å². The lowest BCUT2D eigenvalue weighted by molar-refractivity contribution is -0.207. The molecule has 0 radical (unpaired) electrons. The molecular formula is C19H33NO3. The van der Waals surface area contributed by atoms with Gasteiger partial charge in [-0.05, 0) is 45.2 Å². The molecule has 0 aromatic rings. The highest BCUT2D eigenvalue weighted by Gasteiger charge is 2.52. The Morgan fingerprint density at radius 3 is 2.39 bits per heavy atom. The molecule has 0 N–H and O–H groups in total. The van der Waals surface area contributed by atoms with Gasteiger partial charge in [-0.25, -0.2) is 0 Å². The second-order valence-electron chi connectivity index (χ2n) is 8.24. The summed E-state index contributed by atoms with van der Waals surface area (Å²) >= 11 is 0. The predicted octanol–water partition coefficient (Wildman–Crippen LogP) is 3.39. The topological polar surface area (TPSA) is 38.8 Å². The molecule has 2 atom stereocenters. The number of carbonyl (C=O) groups is 1. The third-order valence-electron chi connectivity index (χ3n) is 6.09. The van der Waals surface area contributed by atoms with Crippen LogP contribution in [0.4, 0.5) is 0 Å². The summed E-state index contributed by atoms with van der Waals surface area (Å²) in [6.45, 7) is 9.48. The van der Waals surface area contributed by atoms with Gasteiger partial charge in [0.05, 0.1) is 12.0 Å². The minimum absolute atomic E-state index is 0.0306. The van der Waals surface area contributed by atoms with Crippen molar-refractivity contribution in [1.82, 2.24) is 4.90 Å². The van der Waals surface area contributed by atoms with E-state index >= 15 is 0 Å². The molecule has 1 aliphatic heterocycles. The van der Waals surface area contributed by atoms with Gasteiger partial charge in [0.2, 0.25) is 0 Å². The minimum atomic E-state index is -0.0435. The number of hydrogen-bond donors (Lipinski definition) is 0. The van der Waals surface area contributed by atoms with Gasteiger partial charge in [0.25, 0.3) is 0 Å². The first kappa shape index (κ1) is 17.2. The first-order valence-electron chi connectivity index (χ1n) is 9.58. The van der Waals surface area contributed by atoms with Crippen LogP contribution in [0.25, 0.3) is 0 Å². The van der Waals surface area contributed by atoms with Gasteiger partial charge in [0.1, 0.15) is 6.10 Å². The van der Waals surface area contributed by atoms with Crippen molar-refractivity contribution in [2.75, 3.05) is 19.7 Å². The molecule has 3 fully saturated rings. The van der Waals surface area contributed by atoms with E-state index in [9.17, 15) is 4.79 Å². The van der Waals surface area contributed by atoms with E-state index in [2.05, 4.69) is 25.7 Å². The Kier molecular flexibility index (Phi) is 5.32. The Labute approximate surface area is 140 Å². The van der Waals surface area contributed by atoms with E-state index < -0.39 is 0 Å². The summed E-state index contributed by atoms with van der Waals surface area (Å²) in [4.78, 5) is 15.0. The van der Waals surface area contributed by atoms with Crippen molar-refractivity contribution in [3.05, 3.63) is 0 Å². The molecule has 0 unspecified atom stereocenters. The van der Waals surface area contributed by atoms with E-state index in [4.69, 9.17) is 9.47 Å². The molecule has 0 aromatic carbocycles. The molecule has 3 rings (SSSR count). The standard InChI is InChI=1S/C19H33NO3/c1-4-5-12-22-16-13-17(19(16,2)3)23-18(21)14-8-10-20(11-9-14)15-6-7-15/h14-17H,4-13H2,1-3H3/t16-,17-/m0/s1. The van der Waals surface area contributed by atoms with Crippen LogP contribution in [0.2, 0.25) is 0 Å². The van der Waals surface area contributed by atoms with Gasteiger partial charge in [-0.15, -0.1) is 0 Å². The summed E-state index contributed by atoms with van der Waals surface area (Å²) in [5.74, 6) is 0.145. The van der Waals surface area contributed by atoms with E-state index in [-0.39, 0.29) is 29.5 Å². The first-order valence-corrected chi connectivity index (χ1v) is 9.58. The van der Waals surface area contributed by atoms with Crippen molar-refractivity contribution in [3.8, 4) is 0 Å². The maximum atomic E-state index is 12.5. The van der Waals surface area contributed by atoms with Crippen LogP contribution < -0.4 is 0 Å². The average Bonchev–Trinajstić information content (AvgIpc) is 3.38. The molecule has 3 aliphatic rings. The number of carbonyl (C=O) groups excluding carboxylic acids is 1.